The molecule has 0 aliphatic carbocycles. The van der Waals surface area contributed by atoms with Gasteiger partial charge in [-0.1, -0.05) is 6.07 Å². The first-order valence-electron chi connectivity index (χ1n) is 6.89. The Morgan fingerprint density at radius 2 is 1.88 bits per heavy atom. The van der Waals surface area contributed by atoms with Crippen LogP contribution in [0.2, 0.25) is 0 Å². The zero-order valence-electron chi connectivity index (χ0n) is 13.2. The van der Waals surface area contributed by atoms with E-state index in [4.69, 9.17) is 0 Å². The number of benzene rings is 2. The second-order valence-electron chi connectivity index (χ2n) is 5.19. The second-order valence-corrected chi connectivity index (χ2v) is 7.18. The molecular formula is C15H14F2N2O5S. The molecule has 7 nitrogen and oxygen atoms in total. The van der Waals surface area contributed by atoms with E-state index in [1.54, 1.807) is 13.0 Å². The van der Waals surface area contributed by atoms with Gasteiger partial charge in [0.2, 0.25) is 0 Å². The molecule has 0 aromatic heterocycles. The first-order chi connectivity index (χ1) is 11.6. The van der Waals surface area contributed by atoms with Crippen LogP contribution >= 0.6 is 0 Å². The second kappa shape index (κ2) is 7.01. The van der Waals surface area contributed by atoms with Crippen LogP contribution in [0.1, 0.15) is 5.56 Å². The fraction of sp³-hybridized carbons (Fsp3) is 0.200. The summed E-state index contributed by atoms with van der Waals surface area (Å²) in [5.74, 6) is -0.0668. The smallest absolute Gasteiger partial charge is 0.387 e. The summed E-state index contributed by atoms with van der Waals surface area (Å²) >= 11 is 0. The summed E-state index contributed by atoms with van der Waals surface area (Å²) in [7, 11) is -3.77. The third kappa shape index (κ3) is 4.63. The number of alkyl halides is 2. The predicted octanol–water partition coefficient (Wildman–Crippen LogP) is 3.65. The number of non-ortho nitro benzene ring substituents is 1. The van der Waals surface area contributed by atoms with E-state index < -0.39 is 21.4 Å². The van der Waals surface area contributed by atoms with Gasteiger partial charge in [0, 0.05) is 30.1 Å². The van der Waals surface area contributed by atoms with Crippen molar-refractivity contribution in [2.24, 2.45) is 0 Å². The lowest BCUT2D eigenvalue weighted by molar-refractivity contribution is -0.385. The Morgan fingerprint density at radius 1 is 1.20 bits per heavy atom. The monoisotopic (exact) mass is 372 g/mol. The first-order valence-corrected chi connectivity index (χ1v) is 8.78. The van der Waals surface area contributed by atoms with Gasteiger partial charge in [0.1, 0.15) is 5.75 Å². The van der Waals surface area contributed by atoms with Gasteiger partial charge >= 0.3 is 6.61 Å². The number of rotatable bonds is 6. The molecule has 0 saturated heterocycles. The van der Waals surface area contributed by atoms with Crippen LogP contribution in [0.25, 0.3) is 0 Å². The molecule has 0 fully saturated rings. The summed E-state index contributed by atoms with van der Waals surface area (Å²) in [5.41, 5.74) is 0.467. The number of halogens is 2. The number of sulfone groups is 1. The molecule has 134 valence electrons. The summed E-state index contributed by atoms with van der Waals surface area (Å²) in [6, 6.07) is 7.66. The Kier molecular flexibility index (Phi) is 5.21. The Hall–Kier alpha value is -2.75. The maximum Gasteiger partial charge on any atom is 0.387 e. The number of ether oxygens (including phenoxy) is 1. The van der Waals surface area contributed by atoms with Crippen molar-refractivity contribution in [3.05, 3.63) is 52.1 Å². The molecular weight excluding hydrogens is 358 g/mol. The number of aryl methyl sites for hydroxylation is 1. The minimum absolute atomic E-state index is 0.0668. The highest BCUT2D eigenvalue weighted by Crippen LogP contribution is 2.31. The largest absolute Gasteiger partial charge is 0.434 e. The van der Waals surface area contributed by atoms with Crippen molar-refractivity contribution in [2.45, 2.75) is 18.4 Å². The van der Waals surface area contributed by atoms with Gasteiger partial charge in [-0.15, -0.1) is 0 Å². The van der Waals surface area contributed by atoms with Crippen LogP contribution in [0.3, 0.4) is 0 Å². The third-order valence-electron chi connectivity index (χ3n) is 3.26. The average molecular weight is 372 g/mol. The maximum atomic E-state index is 12.4. The van der Waals surface area contributed by atoms with Crippen LogP contribution in [0, 0.1) is 17.0 Å². The lowest BCUT2D eigenvalue weighted by Crippen LogP contribution is -2.05. The predicted molar refractivity (Wildman–Crippen MR) is 87.3 cm³/mol. The van der Waals surface area contributed by atoms with Crippen molar-refractivity contribution in [1.82, 2.24) is 0 Å². The lowest BCUT2D eigenvalue weighted by Gasteiger charge is -2.13. The zero-order valence-corrected chi connectivity index (χ0v) is 14.0. The van der Waals surface area contributed by atoms with Crippen molar-refractivity contribution in [2.75, 3.05) is 11.6 Å². The number of nitro benzene ring substituents is 1. The van der Waals surface area contributed by atoms with Gasteiger partial charge in [0.25, 0.3) is 5.69 Å². The molecule has 25 heavy (non-hydrogen) atoms. The van der Waals surface area contributed by atoms with E-state index in [2.05, 4.69) is 10.1 Å². The Labute approximate surface area is 142 Å². The molecule has 0 aliphatic rings. The van der Waals surface area contributed by atoms with Crippen LogP contribution in [0.5, 0.6) is 5.75 Å². The van der Waals surface area contributed by atoms with Crippen LogP contribution < -0.4 is 10.1 Å². The van der Waals surface area contributed by atoms with Gasteiger partial charge in [-0.05, 0) is 24.6 Å². The molecule has 0 unspecified atom stereocenters. The number of hydrogen-bond donors (Lipinski definition) is 1. The fourth-order valence-electron chi connectivity index (χ4n) is 2.09. The zero-order chi connectivity index (χ0) is 18.8. The topological polar surface area (TPSA) is 98.5 Å². The molecule has 0 amide bonds. The molecule has 0 heterocycles. The maximum absolute atomic E-state index is 12.4. The van der Waals surface area contributed by atoms with Gasteiger partial charge in [-0.25, -0.2) is 8.42 Å². The summed E-state index contributed by atoms with van der Waals surface area (Å²) in [5, 5.41) is 13.6. The standard InChI is InChI=1S/C15H14F2N2O5S/c1-9-3-4-10(7-13(9)24-15(16)17)18-12-6-5-11(19(20)21)8-14(12)25(2,22)23/h3-8,15,18H,1-2H3. The van der Waals surface area contributed by atoms with Crippen LogP contribution in [-0.2, 0) is 9.84 Å². The SMILES string of the molecule is Cc1ccc(Nc2ccc([N+](=O)[O-])cc2S(C)(=O)=O)cc1OC(F)F. The number of nitrogens with one attached hydrogen (secondary N) is 1. The molecule has 0 radical (unpaired) electrons. The Morgan fingerprint density at radius 3 is 2.44 bits per heavy atom. The summed E-state index contributed by atoms with van der Waals surface area (Å²) < 4.78 is 53.0. The van der Waals surface area contributed by atoms with Gasteiger partial charge in [-0.2, -0.15) is 8.78 Å². The van der Waals surface area contributed by atoms with E-state index in [1.165, 1.54) is 18.2 Å². The van der Waals surface area contributed by atoms with Crippen molar-refractivity contribution in [1.29, 1.82) is 0 Å². The molecule has 2 aromatic rings. The number of nitrogens with zero attached hydrogens (tertiary/aromatic N) is 1. The number of hydrogen-bond acceptors (Lipinski definition) is 6. The minimum Gasteiger partial charge on any atom is -0.434 e. The molecule has 2 rings (SSSR count). The first kappa shape index (κ1) is 18.6. The van der Waals surface area contributed by atoms with Gasteiger partial charge in [0.15, 0.2) is 9.84 Å². The minimum atomic E-state index is -3.77. The van der Waals surface area contributed by atoms with Gasteiger partial charge in [-0.3, -0.25) is 10.1 Å². The molecule has 2 aromatic carbocycles. The van der Waals surface area contributed by atoms with Crippen molar-refractivity contribution in [3.8, 4) is 5.75 Å². The van der Waals surface area contributed by atoms with Crippen LogP contribution in [-0.4, -0.2) is 26.2 Å². The summed E-state index contributed by atoms with van der Waals surface area (Å²) in [4.78, 5) is 9.85. The summed E-state index contributed by atoms with van der Waals surface area (Å²) in [6.45, 7) is -1.42. The van der Waals surface area contributed by atoms with Crippen molar-refractivity contribution < 1.29 is 26.9 Å². The van der Waals surface area contributed by atoms with Crippen LogP contribution in [0.15, 0.2) is 41.3 Å². The van der Waals surface area contributed by atoms with E-state index >= 15 is 0 Å². The third-order valence-corrected chi connectivity index (χ3v) is 4.40. The normalized spacial score (nSPS) is 11.4. The molecule has 0 atom stereocenters. The van der Waals surface area contributed by atoms with Gasteiger partial charge < -0.3 is 10.1 Å². The molecule has 1 N–H and O–H groups in total. The Balaban J connectivity index is 2.45. The van der Waals surface area contributed by atoms with Gasteiger partial charge in [0.05, 0.1) is 15.5 Å². The molecule has 0 bridgehead atoms. The van der Waals surface area contributed by atoms with E-state index in [-0.39, 0.29) is 22.0 Å². The quantitative estimate of drug-likeness (QED) is 0.614. The molecule has 0 aliphatic heterocycles. The summed E-state index contributed by atoms with van der Waals surface area (Å²) in [6.07, 6.45) is 0.914. The Bertz CT molecular complexity index is 916. The average Bonchev–Trinajstić information content (AvgIpc) is 2.49. The van der Waals surface area contributed by atoms with Crippen molar-refractivity contribution >= 4 is 26.9 Å². The molecule has 0 saturated carbocycles. The highest BCUT2D eigenvalue weighted by Gasteiger charge is 2.19. The number of nitro groups is 1. The van der Waals surface area contributed by atoms with Crippen molar-refractivity contribution in [3.63, 3.8) is 0 Å². The van der Waals surface area contributed by atoms with E-state index in [0.29, 0.717) is 11.3 Å². The highest BCUT2D eigenvalue weighted by molar-refractivity contribution is 7.90. The molecule has 10 heteroatoms. The van der Waals surface area contributed by atoms with E-state index in [0.717, 1.165) is 18.4 Å². The molecule has 0 spiro atoms. The van der Waals surface area contributed by atoms with Crippen LogP contribution in [0.4, 0.5) is 25.8 Å². The highest BCUT2D eigenvalue weighted by atomic mass is 32.2. The lowest BCUT2D eigenvalue weighted by atomic mass is 10.2. The van der Waals surface area contributed by atoms with E-state index in [9.17, 15) is 27.3 Å². The fourth-order valence-corrected chi connectivity index (χ4v) is 2.94. The number of anilines is 2. The van der Waals surface area contributed by atoms with E-state index in [1.807, 2.05) is 0 Å².